The summed E-state index contributed by atoms with van der Waals surface area (Å²) in [6, 6.07) is 7.06. The van der Waals surface area contributed by atoms with Crippen LogP contribution in [0.1, 0.15) is 38.7 Å². The monoisotopic (exact) mass is 400 g/mol. The van der Waals surface area contributed by atoms with Gasteiger partial charge in [-0.15, -0.1) is 0 Å². The lowest BCUT2D eigenvalue weighted by Crippen LogP contribution is -2.48. The number of rotatable bonds is 8. The standard InChI is InChI=1S/C20H31F3N4O/c1-3-11-27-12-9-17(10-13-27)26-19(24-4-2)25-14-16-7-5-6-8-18(16)28-15-20(21,22)23/h5-8,17H,3-4,9-15H2,1-2H3,(H2,24,25,26). The van der Waals surface area contributed by atoms with Crippen LogP contribution in [0.3, 0.4) is 0 Å². The van der Waals surface area contributed by atoms with E-state index in [1.54, 1.807) is 24.3 Å². The highest BCUT2D eigenvalue weighted by molar-refractivity contribution is 5.80. The first-order chi connectivity index (χ1) is 13.4. The van der Waals surface area contributed by atoms with E-state index in [2.05, 4.69) is 27.4 Å². The van der Waals surface area contributed by atoms with Gasteiger partial charge in [-0.3, -0.25) is 0 Å². The number of guanidine groups is 1. The lowest BCUT2D eigenvalue weighted by molar-refractivity contribution is -0.153. The van der Waals surface area contributed by atoms with Crippen LogP contribution in [-0.2, 0) is 6.54 Å². The molecule has 1 aliphatic heterocycles. The van der Waals surface area contributed by atoms with Crippen molar-refractivity contribution in [2.45, 2.75) is 51.9 Å². The van der Waals surface area contributed by atoms with E-state index in [0.29, 0.717) is 24.1 Å². The molecule has 0 aromatic heterocycles. The van der Waals surface area contributed by atoms with E-state index < -0.39 is 12.8 Å². The van der Waals surface area contributed by atoms with Crippen LogP contribution < -0.4 is 15.4 Å². The van der Waals surface area contributed by atoms with Crippen LogP contribution in [0.4, 0.5) is 13.2 Å². The molecule has 1 fully saturated rings. The van der Waals surface area contributed by atoms with Crippen molar-refractivity contribution >= 4 is 5.96 Å². The van der Waals surface area contributed by atoms with E-state index in [0.717, 1.165) is 38.9 Å². The van der Waals surface area contributed by atoms with Crippen LogP contribution in [0.15, 0.2) is 29.3 Å². The zero-order chi connectivity index (χ0) is 20.4. The van der Waals surface area contributed by atoms with E-state index in [9.17, 15) is 13.2 Å². The molecule has 1 saturated heterocycles. The van der Waals surface area contributed by atoms with Crippen LogP contribution in [0.25, 0.3) is 0 Å². The van der Waals surface area contributed by atoms with Gasteiger partial charge in [0.1, 0.15) is 5.75 Å². The van der Waals surface area contributed by atoms with Gasteiger partial charge < -0.3 is 20.3 Å². The van der Waals surface area contributed by atoms with Gasteiger partial charge in [0.15, 0.2) is 12.6 Å². The van der Waals surface area contributed by atoms with E-state index >= 15 is 0 Å². The quantitative estimate of drug-likeness (QED) is 0.518. The number of para-hydroxylation sites is 1. The largest absolute Gasteiger partial charge is 0.484 e. The lowest BCUT2D eigenvalue weighted by atomic mass is 10.1. The van der Waals surface area contributed by atoms with E-state index in [1.165, 1.54) is 0 Å². The van der Waals surface area contributed by atoms with Crippen LogP contribution in [0.2, 0.25) is 0 Å². The SMILES string of the molecule is CCCN1CCC(NC(=NCc2ccccc2OCC(F)(F)F)NCC)CC1. The molecule has 0 amide bonds. The van der Waals surface area contributed by atoms with Gasteiger partial charge in [0, 0.05) is 31.2 Å². The summed E-state index contributed by atoms with van der Waals surface area (Å²) >= 11 is 0. The molecule has 0 bridgehead atoms. The fourth-order valence-corrected chi connectivity index (χ4v) is 3.23. The van der Waals surface area contributed by atoms with Crippen molar-refractivity contribution < 1.29 is 17.9 Å². The molecule has 2 N–H and O–H groups in total. The van der Waals surface area contributed by atoms with Gasteiger partial charge in [0.25, 0.3) is 0 Å². The molecule has 8 heteroatoms. The Labute approximate surface area is 165 Å². The molecular formula is C20H31F3N4O. The predicted molar refractivity (Wildman–Crippen MR) is 106 cm³/mol. The molecular weight excluding hydrogens is 369 g/mol. The third-order valence-electron chi connectivity index (χ3n) is 4.58. The third-order valence-corrected chi connectivity index (χ3v) is 4.58. The molecule has 1 heterocycles. The number of alkyl halides is 3. The first kappa shape index (κ1) is 22.3. The molecule has 1 aliphatic rings. The summed E-state index contributed by atoms with van der Waals surface area (Å²) in [5, 5.41) is 6.67. The Bertz CT molecular complexity index is 614. The Morgan fingerprint density at radius 1 is 1.21 bits per heavy atom. The molecule has 0 atom stereocenters. The van der Waals surface area contributed by atoms with Crippen molar-refractivity contribution in [3.8, 4) is 5.75 Å². The molecule has 0 aliphatic carbocycles. The zero-order valence-corrected chi connectivity index (χ0v) is 16.7. The minimum absolute atomic E-state index is 0.215. The summed E-state index contributed by atoms with van der Waals surface area (Å²) in [7, 11) is 0. The Morgan fingerprint density at radius 3 is 2.57 bits per heavy atom. The maximum atomic E-state index is 12.4. The maximum Gasteiger partial charge on any atom is 0.422 e. The van der Waals surface area contributed by atoms with Crippen LogP contribution >= 0.6 is 0 Å². The highest BCUT2D eigenvalue weighted by atomic mass is 19.4. The van der Waals surface area contributed by atoms with Gasteiger partial charge in [-0.05, 0) is 38.8 Å². The van der Waals surface area contributed by atoms with Crippen molar-refractivity contribution in [1.82, 2.24) is 15.5 Å². The Morgan fingerprint density at radius 2 is 1.93 bits per heavy atom. The molecule has 0 radical (unpaired) electrons. The minimum Gasteiger partial charge on any atom is -0.484 e. The van der Waals surface area contributed by atoms with Crippen LogP contribution in [0.5, 0.6) is 5.75 Å². The minimum atomic E-state index is -4.36. The molecule has 5 nitrogen and oxygen atoms in total. The normalized spacial score (nSPS) is 16.8. The number of nitrogens with zero attached hydrogens (tertiary/aromatic N) is 2. The third kappa shape index (κ3) is 7.96. The number of ether oxygens (including phenoxy) is 1. The number of nitrogens with one attached hydrogen (secondary N) is 2. The highest BCUT2D eigenvalue weighted by Crippen LogP contribution is 2.22. The van der Waals surface area contributed by atoms with Gasteiger partial charge in [0.2, 0.25) is 0 Å². The fourth-order valence-electron chi connectivity index (χ4n) is 3.23. The second-order valence-corrected chi connectivity index (χ2v) is 6.97. The smallest absolute Gasteiger partial charge is 0.422 e. The first-order valence-electron chi connectivity index (χ1n) is 9.96. The number of benzene rings is 1. The topological polar surface area (TPSA) is 48.9 Å². The lowest BCUT2D eigenvalue weighted by Gasteiger charge is -2.32. The number of hydrogen-bond acceptors (Lipinski definition) is 3. The van der Waals surface area contributed by atoms with Crippen molar-refractivity contribution in [3.05, 3.63) is 29.8 Å². The molecule has 1 aromatic carbocycles. The van der Waals surface area contributed by atoms with Crippen LogP contribution in [0, 0.1) is 0 Å². The molecule has 0 saturated carbocycles. The first-order valence-corrected chi connectivity index (χ1v) is 9.96. The fraction of sp³-hybridized carbons (Fsp3) is 0.650. The van der Waals surface area contributed by atoms with E-state index in [4.69, 9.17) is 4.74 Å². The molecule has 158 valence electrons. The number of piperidine rings is 1. The van der Waals surface area contributed by atoms with Crippen molar-refractivity contribution in [2.75, 3.05) is 32.8 Å². The molecule has 1 aromatic rings. The Hall–Kier alpha value is -1.96. The van der Waals surface area contributed by atoms with E-state index in [1.807, 2.05) is 6.92 Å². The van der Waals surface area contributed by atoms with Gasteiger partial charge >= 0.3 is 6.18 Å². The average Bonchev–Trinajstić information content (AvgIpc) is 2.66. The predicted octanol–water partition coefficient (Wildman–Crippen LogP) is 3.56. The zero-order valence-electron chi connectivity index (χ0n) is 16.7. The molecule has 28 heavy (non-hydrogen) atoms. The maximum absolute atomic E-state index is 12.4. The number of aliphatic imine (C=N–C) groups is 1. The average molecular weight is 400 g/mol. The van der Waals surface area contributed by atoms with Gasteiger partial charge in [-0.1, -0.05) is 25.1 Å². The molecule has 0 spiro atoms. The molecule has 2 rings (SSSR count). The summed E-state index contributed by atoms with van der Waals surface area (Å²) in [5.74, 6) is 0.898. The van der Waals surface area contributed by atoms with Gasteiger partial charge in [-0.25, -0.2) is 4.99 Å². The molecule has 0 unspecified atom stereocenters. The van der Waals surface area contributed by atoms with Crippen molar-refractivity contribution in [2.24, 2.45) is 4.99 Å². The summed E-state index contributed by atoms with van der Waals surface area (Å²) in [6.45, 7) is 7.11. The number of hydrogen-bond donors (Lipinski definition) is 2. The Kier molecular flexibility index (Phi) is 8.89. The van der Waals surface area contributed by atoms with Crippen molar-refractivity contribution in [1.29, 1.82) is 0 Å². The Balaban J connectivity index is 1.95. The number of halogens is 3. The summed E-state index contributed by atoms with van der Waals surface area (Å²) in [4.78, 5) is 7.03. The summed E-state index contributed by atoms with van der Waals surface area (Å²) < 4.78 is 42.3. The summed E-state index contributed by atoms with van der Waals surface area (Å²) in [5.41, 5.74) is 0.627. The van der Waals surface area contributed by atoms with Crippen molar-refractivity contribution in [3.63, 3.8) is 0 Å². The number of likely N-dealkylation sites (tertiary alicyclic amines) is 1. The summed E-state index contributed by atoms with van der Waals surface area (Å²) in [6.07, 6.45) is -1.09. The van der Waals surface area contributed by atoms with Gasteiger partial charge in [-0.2, -0.15) is 13.2 Å². The second-order valence-electron chi connectivity index (χ2n) is 6.97. The van der Waals surface area contributed by atoms with Crippen LogP contribution in [-0.4, -0.2) is 55.9 Å². The van der Waals surface area contributed by atoms with E-state index in [-0.39, 0.29) is 12.3 Å². The highest BCUT2D eigenvalue weighted by Gasteiger charge is 2.28. The van der Waals surface area contributed by atoms with Gasteiger partial charge in [0.05, 0.1) is 6.54 Å². The second kappa shape index (κ2) is 11.1.